The number of carbonyl (C=O) groups excluding carboxylic acids is 1. The number of fused-ring (bicyclic) bond motifs is 1. The van der Waals surface area contributed by atoms with Crippen molar-refractivity contribution >= 4 is 34.1 Å². The molecule has 0 radical (unpaired) electrons. The Balaban J connectivity index is 1.67. The zero-order valence-corrected chi connectivity index (χ0v) is 18.2. The summed E-state index contributed by atoms with van der Waals surface area (Å²) in [4.78, 5) is 38.9. The summed E-state index contributed by atoms with van der Waals surface area (Å²) in [5.41, 5.74) is -0.963. The minimum absolute atomic E-state index is 0.0276. The Hall–Kier alpha value is -3.85. The average molecular weight is 488 g/mol. The van der Waals surface area contributed by atoms with Crippen molar-refractivity contribution in [2.24, 2.45) is 0 Å². The smallest absolute Gasteiger partial charge is 0.325 e. The average Bonchev–Trinajstić information content (AvgIpc) is 2.80. The fourth-order valence-electron chi connectivity index (χ4n) is 3.52. The van der Waals surface area contributed by atoms with Gasteiger partial charge in [-0.25, -0.2) is 4.79 Å². The molecule has 34 heavy (non-hydrogen) atoms. The van der Waals surface area contributed by atoms with Crippen LogP contribution in [0.4, 0.5) is 18.9 Å². The molecule has 4 rings (SSSR count). The summed E-state index contributed by atoms with van der Waals surface area (Å²) in [5, 5.41) is 3.24. The maximum atomic E-state index is 13.2. The van der Waals surface area contributed by atoms with Crippen LogP contribution in [0.1, 0.15) is 11.1 Å². The topological polar surface area (TPSA) is 73.1 Å². The van der Waals surface area contributed by atoms with Crippen LogP contribution in [0.25, 0.3) is 10.9 Å². The highest BCUT2D eigenvalue weighted by Crippen LogP contribution is 2.29. The summed E-state index contributed by atoms with van der Waals surface area (Å²) in [7, 11) is 0. The number of hydrogen-bond donors (Lipinski definition) is 1. The summed E-state index contributed by atoms with van der Waals surface area (Å²) in [6.07, 6.45) is -4.49. The number of para-hydroxylation sites is 1. The van der Waals surface area contributed by atoms with Crippen LogP contribution in [0.15, 0.2) is 82.4 Å². The molecule has 1 amide bonds. The SMILES string of the molecule is O=C(Cn1c(=O)n(Cc2ccc(Cl)cc2)c(=O)c2ccccc21)Nc1ccc(C(F)(F)F)cc1. The number of nitrogens with one attached hydrogen (secondary N) is 1. The van der Waals surface area contributed by atoms with E-state index in [1.807, 2.05) is 0 Å². The normalized spacial score (nSPS) is 11.5. The lowest BCUT2D eigenvalue weighted by Crippen LogP contribution is -2.42. The van der Waals surface area contributed by atoms with Gasteiger partial charge in [-0.3, -0.25) is 18.7 Å². The largest absolute Gasteiger partial charge is 0.416 e. The molecule has 0 fully saturated rings. The number of hydrogen-bond acceptors (Lipinski definition) is 3. The zero-order valence-electron chi connectivity index (χ0n) is 17.5. The van der Waals surface area contributed by atoms with E-state index < -0.39 is 35.4 Å². The van der Waals surface area contributed by atoms with E-state index in [0.29, 0.717) is 10.6 Å². The minimum atomic E-state index is -4.49. The molecule has 0 aliphatic carbocycles. The molecule has 0 bridgehead atoms. The number of aromatic nitrogens is 2. The van der Waals surface area contributed by atoms with Gasteiger partial charge in [0.2, 0.25) is 5.91 Å². The number of benzene rings is 3. The fourth-order valence-corrected chi connectivity index (χ4v) is 3.65. The minimum Gasteiger partial charge on any atom is -0.325 e. The Labute approximate surface area is 195 Å². The summed E-state index contributed by atoms with van der Waals surface area (Å²) in [5.74, 6) is -0.635. The number of rotatable bonds is 5. The molecule has 0 aliphatic heterocycles. The number of anilines is 1. The lowest BCUT2D eigenvalue weighted by atomic mass is 10.2. The summed E-state index contributed by atoms with van der Waals surface area (Å²) < 4.78 is 40.4. The molecule has 6 nitrogen and oxygen atoms in total. The fraction of sp³-hybridized carbons (Fsp3) is 0.125. The second-order valence-corrected chi connectivity index (χ2v) is 7.96. The first-order valence-electron chi connectivity index (χ1n) is 10.1. The molecule has 1 N–H and O–H groups in total. The molecule has 0 aliphatic rings. The first kappa shape index (κ1) is 23.3. The van der Waals surface area contributed by atoms with Crippen molar-refractivity contribution in [1.82, 2.24) is 9.13 Å². The molecular weight excluding hydrogens is 471 g/mol. The monoisotopic (exact) mass is 487 g/mol. The van der Waals surface area contributed by atoms with Crippen LogP contribution in [-0.4, -0.2) is 15.0 Å². The molecule has 1 aromatic heterocycles. The lowest BCUT2D eigenvalue weighted by molar-refractivity contribution is -0.137. The second kappa shape index (κ2) is 9.18. The van der Waals surface area contributed by atoms with Crippen molar-refractivity contribution in [2.45, 2.75) is 19.3 Å². The Morgan fingerprint density at radius 2 is 1.53 bits per heavy atom. The predicted molar refractivity (Wildman–Crippen MR) is 123 cm³/mol. The van der Waals surface area contributed by atoms with Crippen molar-refractivity contribution in [1.29, 1.82) is 0 Å². The molecule has 4 aromatic rings. The van der Waals surface area contributed by atoms with Crippen LogP contribution in [0.2, 0.25) is 5.02 Å². The lowest BCUT2D eigenvalue weighted by Gasteiger charge is -2.14. The van der Waals surface area contributed by atoms with Crippen molar-refractivity contribution in [3.8, 4) is 0 Å². The Kier molecular flexibility index (Phi) is 6.30. The first-order valence-corrected chi connectivity index (χ1v) is 10.5. The summed E-state index contributed by atoms with van der Waals surface area (Å²) in [6, 6.07) is 17.0. The number of halogens is 4. The molecule has 0 spiro atoms. The van der Waals surface area contributed by atoms with Crippen LogP contribution < -0.4 is 16.6 Å². The molecule has 3 aromatic carbocycles. The molecule has 0 saturated carbocycles. The van der Waals surface area contributed by atoms with Gasteiger partial charge >= 0.3 is 11.9 Å². The molecule has 0 saturated heterocycles. The van der Waals surface area contributed by atoms with Crippen molar-refractivity contribution in [3.63, 3.8) is 0 Å². The number of alkyl halides is 3. The van der Waals surface area contributed by atoms with Gasteiger partial charge in [-0.1, -0.05) is 35.9 Å². The summed E-state index contributed by atoms with van der Waals surface area (Å²) >= 11 is 5.90. The molecule has 0 atom stereocenters. The van der Waals surface area contributed by atoms with Gasteiger partial charge in [0.05, 0.1) is 23.0 Å². The van der Waals surface area contributed by atoms with Gasteiger partial charge in [0.15, 0.2) is 0 Å². The van der Waals surface area contributed by atoms with E-state index in [4.69, 9.17) is 11.6 Å². The number of carbonyl (C=O) groups is 1. The molecule has 174 valence electrons. The van der Waals surface area contributed by atoms with E-state index >= 15 is 0 Å². The van der Waals surface area contributed by atoms with Gasteiger partial charge in [0, 0.05) is 10.7 Å². The van der Waals surface area contributed by atoms with E-state index in [0.717, 1.165) is 33.4 Å². The standard InChI is InChI=1S/C24H17ClF3N3O3/c25-17-9-5-15(6-10-17)13-31-22(33)19-3-1-2-4-20(19)30(23(31)34)14-21(32)29-18-11-7-16(8-12-18)24(26,27)28/h1-12H,13-14H2,(H,29,32). The molecule has 10 heteroatoms. The third kappa shape index (κ3) is 4.89. The highest BCUT2D eigenvalue weighted by Gasteiger charge is 2.30. The Bertz CT molecular complexity index is 1470. The van der Waals surface area contributed by atoms with Crippen molar-refractivity contribution < 1.29 is 18.0 Å². The van der Waals surface area contributed by atoms with Gasteiger partial charge < -0.3 is 5.32 Å². The Morgan fingerprint density at radius 3 is 2.18 bits per heavy atom. The third-order valence-corrected chi connectivity index (χ3v) is 5.44. The zero-order chi connectivity index (χ0) is 24.5. The molecular formula is C24H17ClF3N3O3. The van der Waals surface area contributed by atoms with E-state index in [-0.39, 0.29) is 23.1 Å². The first-order chi connectivity index (χ1) is 16.1. The quantitative estimate of drug-likeness (QED) is 0.450. The molecule has 0 unspecified atom stereocenters. The van der Waals surface area contributed by atoms with Crippen molar-refractivity contribution in [2.75, 3.05) is 5.32 Å². The van der Waals surface area contributed by atoms with Gasteiger partial charge in [-0.15, -0.1) is 0 Å². The van der Waals surface area contributed by atoms with E-state index in [1.165, 1.54) is 0 Å². The van der Waals surface area contributed by atoms with E-state index in [2.05, 4.69) is 5.32 Å². The van der Waals surface area contributed by atoms with Crippen LogP contribution >= 0.6 is 11.6 Å². The van der Waals surface area contributed by atoms with Crippen LogP contribution in [-0.2, 0) is 24.1 Å². The highest BCUT2D eigenvalue weighted by atomic mass is 35.5. The van der Waals surface area contributed by atoms with Gasteiger partial charge in [-0.2, -0.15) is 13.2 Å². The number of amides is 1. The van der Waals surface area contributed by atoms with E-state index in [1.54, 1.807) is 48.5 Å². The van der Waals surface area contributed by atoms with Crippen LogP contribution in [0.5, 0.6) is 0 Å². The maximum absolute atomic E-state index is 13.2. The van der Waals surface area contributed by atoms with Gasteiger partial charge in [0.1, 0.15) is 6.54 Å². The molecule has 1 heterocycles. The Morgan fingerprint density at radius 1 is 0.882 bits per heavy atom. The maximum Gasteiger partial charge on any atom is 0.416 e. The number of nitrogens with zero attached hydrogens (tertiary/aromatic N) is 2. The second-order valence-electron chi connectivity index (χ2n) is 7.53. The van der Waals surface area contributed by atoms with Crippen LogP contribution in [0, 0.1) is 0 Å². The summed E-state index contributed by atoms with van der Waals surface area (Å²) in [6.45, 7) is -0.471. The predicted octanol–water partition coefficient (Wildman–Crippen LogP) is 4.52. The van der Waals surface area contributed by atoms with Gasteiger partial charge in [0.25, 0.3) is 5.56 Å². The van der Waals surface area contributed by atoms with Crippen LogP contribution in [0.3, 0.4) is 0 Å². The van der Waals surface area contributed by atoms with Crippen molar-refractivity contribution in [3.05, 3.63) is 110 Å². The van der Waals surface area contributed by atoms with Gasteiger partial charge in [-0.05, 0) is 54.1 Å². The van der Waals surface area contributed by atoms with E-state index in [9.17, 15) is 27.6 Å². The highest BCUT2D eigenvalue weighted by molar-refractivity contribution is 6.30. The third-order valence-electron chi connectivity index (χ3n) is 5.18.